The Morgan fingerprint density at radius 3 is 2.55 bits per heavy atom. The summed E-state index contributed by atoms with van der Waals surface area (Å²) in [4.78, 5) is 23.0. The van der Waals surface area contributed by atoms with Crippen molar-refractivity contribution >= 4 is 18.0 Å². The van der Waals surface area contributed by atoms with E-state index in [2.05, 4.69) is 5.32 Å². The first kappa shape index (κ1) is 14.3. The molecule has 2 N–H and O–H groups in total. The summed E-state index contributed by atoms with van der Waals surface area (Å²) in [6.45, 7) is 0. The highest BCUT2D eigenvalue weighted by Gasteiger charge is 2.31. The number of carboxylic acid groups (broad SMARTS) is 1. The molecule has 1 saturated carbocycles. The van der Waals surface area contributed by atoms with E-state index >= 15 is 0 Å². The quantitative estimate of drug-likeness (QED) is 0.828. The molecule has 1 aromatic rings. The first-order valence-electron chi connectivity index (χ1n) is 6.93. The van der Waals surface area contributed by atoms with Gasteiger partial charge >= 0.3 is 5.97 Å². The van der Waals surface area contributed by atoms with Gasteiger partial charge in [0, 0.05) is 12.1 Å². The second-order valence-corrected chi connectivity index (χ2v) is 5.09. The van der Waals surface area contributed by atoms with Gasteiger partial charge in [-0.05, 0) is 24.5 Å². The minimum Gasteiger partial charge on any atom is -0.481 e. The molecule has 2 atom stereocenters. The van der Waals surface area contributed by atoms with Crippen LogP contribution in [0.5, 0.6) is 0 Å². The molecule has 1 amide bonds. The van der Waals surface area contributed by atoms with Crippen molar-refractivity contribution in [2.45, 2.75) is 31.7 Å². The van der Waals surface area contributed by atoms with Crippen LogP contribution in [0.2, 0.25) is 0 Å². The maximum atomic E-state index is 11.9. The van der Waals surface area contributed by atoms with Crippen molar-refractivity contribution in [3.63, 3.8) is 0 Å². The third kappa shape index (κ3) is 3.95. The zero-order valence-electron chi connectivity index (χ0n) is 11.3. The molecular formula is C16H19NO3. The number of carbonyl (C=O) groups is 2. The molecule has 1 aliphatic rings. The predicted molar refractivity (Wildman–Crippen MR) is 77.0 cm³/mol. The van der Waals surface area contributed by atoms with Crippen LogP contribution in [-0.2, 0) is 9.59 Å². The van der Waals surface area contributed by atoms with Crippen molar-refractivity contribution in [2.75, 3.05) is 0 Å². The number of hydrogen-bond acceptors (Lipinski definition) is 2. The van der Waals surface area contributed by atoms with Gasteiger partial charge in [0.25, 0.3) is 0 Å². The molecule has 0 heterocycles. The number of hydrogen-bond donors (Lipinski definition) is 2. The fourth-order valence-corrected chi connectivity index (χ4v) is 2.57. The number of rotatable bonds is 4. The molecule has 4 nitrogen and oxygen atoms in total. The van der Waals surface area contributed by atoms with E-state index in [1.165, 1.54) is 6.08 Å². The predicted octanol–water partition coefficient (Wildman–Crippen LogP) is 2.46. The smallest absolute Gasteiger partial charge is 0.308 e. The van der Waals surface area contributed by atoms with Crippen molar-refractivity contribution in [3.05, 3.63) is 42.0 Å². The Bertz CT molecular complexity index is 496. The molecule has 1 aromatic carbocycles. The number of aliphatic carboxylic acids is 1. The van der Waals surface area contributed by atoms with Crippen LogP contribution in [0.1, 0.15) is 31.2 Å². The minimum absolute atomic E-state index is 0.230. The number of benzene rings is 1. The highest BCUT2D eigenvalue weighted by atomic mass is 16.4. The number of carboxylic acids is 1. The summed E-state index contributed by atoms with van der Waals surface area (Å²) in [5.41, 5.74) is 0.945. The van der Waals surface area contributed by atoms with Gasteiger partial charge in [0.2, 0.25) is 5.91 Å². The van der Waals surface area contributed by atoms with E-state index in [9.17, 15) is 9.59 Å². The SMILES string of the molecule is O=C(/C=C/c1ccccc1)N[C@@H]1CCCC[C@@H]1C(=O)O. The molecule has 0 aromatic heterocycles. The van der Waals surface area contributed by atoms with Crippen LogP contribution in [0.3, 0.4) is 0 Å². The molecule has 0 radical (unpaired) electrons. The van der Waals surface area contributed by atoms with Gasteiger partial charge in [-0.25, -0.2) is 0 Å². The van der Waals surface area contributed by atoms with Crippen LogP contribution >= 0.6 is 0 Å². The number of carbonyl (C=O) groups excluding carboxylic acids is 1. The first-order chi connectivity index (χ1) is 9.66. The second kappa shape index (κ2) is 6.89. The van der Waals surface area contributed by atoms with Gasteiger partial charge in [-0.2, -0.15) is 0 Å². The molecule has 0 bridgehead atoms. The minimum atomic E-state index is -0.818. The molecule has 0 unspecified atom stereocenters. The third-order valence-electron chi connectivity index (χ3n) is 3.64. The Labute approximate surface area is 118 Å². The molecule has 106 valence electrons. The van der Waals surface area contributed by atoms with Crippen molar-refractivity contribution in [3.8, 4) is 0 Å². The van der Waals surface area contributed by atoms with Crippen molar-refractivity contribution in [1.82, 2.24) is 5.32 Å². The van der Waals surface area contributed by atoms with E-state index in [-0.39, 0.29) is 11.9 Å². The summed E-state index contributed by atoms with van der Waals surface area (Å²) < 4.78 is 0. The van der Waals surface area contributed by atoms with Crippen molar-refractivity contribution in [2.24, 2.45) is 5.92 Å². The topological polar surface area (TPSA) is 66.4 Å². The van der Waals surface area contributed by atoms with Crippen LogP contribution in [0, 0.1) is 5.92 Å². The van der Waals surface area contributed by atoms with Crippen molar-refractivity contribution in [1.29, 1.82) is 0 Å². The lowest BCUT2D eigenvalue weighted by atomic mass is 9.84. The summed E-state index contributed by atoms with van der Waals surface area (Å²) >= 11 is 0. The maximum Gasteiger partial charge on any atom is 0.308 e. The molecule has 2 rings (SSSR count). The number of amides is 1. The summed E-state index contributed by atoms with van der Waals surface area (Å²) in [6.07, 6.45) is 6.46. The van der Waals surface area contributed by atoms with Gasteiger partial charge in [0.05, 0.1) is 5.92 Å². The largest absolute Gasteiger partial charge is 0.481 e. The van der Waals surface area contributed by atoms with E-state index in [1.807, 2.05) is 30.3 Å². The maximum absolute atomic E-state index is 11.9. The van der Waals surface area contributed by atoms with Gasteiger partial charge in [-0.15, -0.1) is 0 Å². The fourth-order valence-electron chi connectivity index (χ4n) is 2.57. The Morgan fingerprint density at radius 1 is 1.15 bits per heavy atom. The normalized spacial score (nSPS) is 22.6. The average Bonchev–Trinajstić information content (AvgIpc) is 2.46. The van der Waals surface area contributed by atoms with Gasteiger partial charge in [0.1, 0.15) is 0 Å². The number of nitrogens with one attached hydrogen (secondary N) is 1. The summed E-state index contributed by atoms with van der Waals surface area (Å²) in [5, 5.41) is 12.0. The molecule has 4 heteroatoms. The monoisotopic (exact) mass is 273 g/mol. The lowest BCUT2D eigenvalue weighted by Crippen LogP contribution is -2.44. The third-order valence-corrected chi connectivity index (χ3v) is 3.64. The molecule has 0 saturated heterocycles. The van der Waals surface area contributed by atoms with Crippen LogP contribution in [0.4, 0.5) is 0 Å². The van der Waals surface area contributed by atoms with Gasteiger partial charge in [0.15, 0.2) is 0 Å². The Kier molecular flexibility index (Phi) is 4.93. The van der Waals surface area contributed by atoms with E-state index in [0.29, 0.717) is 6.42 Å². The first-order valence-corrected chi connectivity index (χ1v) is 6.93. The lowest BCUT2D eigenvalue weighted by Gasteiger charge is -2.28. The highest BCUT2D eigenvalue weighted by Crippen LogP contribution is 2.24. The van der Waals surface area contributed by atoms with E-state index in [4.69, 9.17) is 5.11 Å². The van der Waals surface area contributed by atoms with Crippen LogP contribution in [-0.4, -0.2) is 23.0 Å². The van der Waals surface area contributed by atoms with E-state index in [1.54, 1.807) is 6.08 Å². The van der Waals surface area contributed by atoms with Gasteiger partial charge < -0.3 is 10.4 Å². The fraction of sp³-hybridized carbons (Fsp3) is 0.375. The van der Waals surface area contributed by atoms with E-state index < -0.39 is 11.9 Å². The molecule has 0 spiro atoms. The molecule has 0 aliphatic heterocycles. The lowest BCUT2D eigenvalue weighted by molar-refractivity contribution is -0.144. The standard InChI is InChI=1S/C16H19NO3/c18-15(11-10-12-6-2-1-3-7-12)17-14-9-5-4-8-13(14)16(19)20/h1-3,6-7,10-11,13-14H,4-5,8-9H2,(H,17,18)(H,19,20)/b11-10+/t13-,14+/m0/s1. The van der Waals surface area contributed by atoms with Crippen LogP contribution < -0.4 is 5.32 Å². The van der Waals surface area contributed by atoms with Crippen molar-refractivity contribution < 1.29 is 14.7 Å². The zero-order valence-corrected chi connectivity index (χ0v) is 11.3. The summed E-state index contributed by atoms with van der Waals surface area (Å²) in [6, 6.07) is 9.28. The molecular weight excluding hydrogens is 254 g/mol. The van der Waals surface area contributed by atoms with Crippen LogP contribution in [0.25, 0.3) is 6.08 Å². The zero-order chi connectivity index (χ0) is 14.4. The van der Waals surface area contributed by atoms with Gasteiger partial charge in [-0.3, -0.25) is 9.59 Å². The molecule has 1 aliphatic carbocycles. The second-order valence-electron chi connectivity index (χ2n) is 5.09. The average molecular weight is 273 g/mol. The Balaban J connectivity index is 1.93. The highest BCUT2D eigenvalue weighted by molar-refractivity contribution is 5.92. The Morgan fingerprint density at radius 2 is 1.85 bits per heavy atom. The van der Waals surface area contributed by atoms with Gasteiger partial charge in [-0.1, -0.05) is 43.2 Å². The molecule has 20 heavy (non-hydrogen) atoms. The Hall–Kier alpha value is -2.10. The van der Waals surface area contributed by atoms with E-state index in [0.717, 1.165) is 24.8 Å². The summed E-state index contributed by atoms with van der Waals surface area (Å²) in [5.74, 6) is -1.51. The summed E-state index contributed by atoms with van der Waals surface area (Å²) in [7, 11) is 0. The van der Waals surface area contributed by atoms with Crippen LogP contribution in [0.15, 0.2) is 36.4 Å². The molecule has 1 fully saturated rings.